The quantitative estimate of drug-likeness (QED) is 0.485. The van der Waals surface area contributed by atoms with Crippen LogP contribution < -0.4 is 15.0 Å². The molecule has 4 aromatic rings. The molecule has 5 rings (SSSR count). The Balaban J connectivity index is 1.33. The minimum absolute atomic E-state index is 0.111. The number of para-hydroxylation sites is 2. The smallest absolute Gasteiger partial charge is 0.263 e. The van der Waals surface area contributed by atoms with E-state index in [9.17, 15) is 9.59 Å². The van der Waals surface area contributed by atoms with E-state index >= 15 is 0 Å². The van der Waals surface area contributed by atoms with E-state index in [1.807, 2.05) is 78.9 Å². The lowest BCUT2D eigenvalue weighted by molar-refractivity contribution is -0.127. The molecule has 0 spiro atoms. The number of nitrogens with zero attached hydrogens (tertiary/aromatic N) is 3. The van der Waals surface area contributed by atoms with Crippen LogP contribution in [-0.2, 0) is 17.9 Å². The molecule has 1 N–H and O–H groups in total. The van der Waals surface area contributed by atoms with Crippen LogP contribution in [0.1, 0.15) is 21.5 Å². The van der Waals surface area contributed by atoms with Gasteiger partial charge in [0.1, 0.15) is 5.75 Å². The summed E-state index contributed by atoms with van der Waals surface area (Å²) in [5.41, 5.74) is 3.17. The van der Waals surface area contributed by atoms with Crippen molar-refractivity contribution in [2.75, 3.05) is 11.4 Å². The number of fused-ring (bicyclic) bond motifs is 1. The zero-order valence-electron chi connectivity index (χ0n) is 18.5. The number of benzene rings is 3. The van der Waals surface area contributed by atoms with Gasteiger partial charge >= 0.3 is 0 Å². The summed E-state index contributed by atoms with van der Waals surface area (Å²) in [7, 11) is 0. The van der Waals surface area contributed by atoms with E-state index in [0.717, 1.165) is 11.1 Å². The number of nitrogens with one attached hydrogen (secondary N) is 1. The lowest BCUT2D eigenvalue weighted by Gasteiger charge is -2.34. The number of hydrogen-bond acceptors (Lipinski definition) is 4. The standard InChI is InChI=1S/C27H24N4O3/c32-26(28-15-20-9-3-1-4-10-20)25-19-31(23-13-7-8-14-24(23)34-25)27(33)22-16-29-30(18-22)17-21-11-5-2-6-12-21/h1-14,16,18,25H,15,17,19H2,(H,28,32). The van der Waals surface area contributed by atoms with Crippen LogP contribution in [0.5, 0.6) is 5.75 Å². The van der Waals surface area contributed by atoms with Gasteiger partial charge in [0.05, 0.1) is 30.5 Å². The van der Waals surface area contributed by atoms with Gasteiger partial charge in [0.2, 0.25) is 0 Å². The second-order valence-corrected chi connectivity index (χ2v) is 8.11. The molecule has 3 aromatic carbocycles. The fourth-order valence-electron chi connectivity index (χ4n) is 3.95. The molecule has 1 aliphatic rings. The topological polar surface area (TPSA) is 76.5 Å². The first-order valence-corrected chi connectivity index (χ1v) is 11.1. The second-order valence-electron chi connectivity index (χ2n) is 8.11. The van der Waals surface area contributed by atoms with E-state index in [1.54, 1.807) is 28.0 Å². The maximum atomic E-state index is 13.5. The molecule has 7 heteroatoms. The van der Waals surface area contributed by atoms with Crippen LogP contribution in [0.4, 0.5) is 5.69 Å². The Morgan fingerprint density at radius 1 is 0.912 bits per heavy atom. The van der Waals surface area contributed by atoms with Gasteiger partial charge in [0.25, 0.3) is 11.8 Å². The van der Waals surface area contributed by atoms with Crippen LogP contribution in [-0.4, -0.2) is 34.2 Å². The predicted octanol–water partition coefficient (Wildman–Crippen LogP) is 3.66. The second kappa shape index (κ2) is 9.62. The zero-order chi connectivity index (χ0) is 23.3. The molecule has 170 valence electrons. The Morgan fingerprint density at radius 3 is 2.35 bits per heavy atom. The van der Waals surface area contributed by atoms with Crippen LogP contribution in [0.3, 0.4) is 0 Å². The Labute approximate surface area is 197 Å². The number of amides is 2. The average molecular weight is 453 g/mol. The van der Waals surface area contributed by atoms with Crippen molar-refractivity contribution in [1.29, 1.82) is 0 Å². The summed E-state index contributed by atoms with van der Waals surface area (Å²) < 4.78 is 7.69. The van der Waals surface area contributed by atoms with Gasteiger partial charge in [0, 0.05) is 12.7 Å². The fourth-order valence-corrected chi connectivity index (χ4v) is 3.95. The molecule has 2 amide bonds. The molecule has 1 atom stereocenters. The van der Waals surface area contributed by atoms with E-state index in [4.69, 9.17) is 4.74 Å². The normalized spacial score (nSPS) is 14.7. The van der Waals surface area contributed by atoms with Gasteiger partial charge in [-0.2, -0.15) is 5.10 Å². The van der Waals surface area contributed by atoms with Crippen molar-refractivity contribution in [3.05, 3.63) is 114 Å². The van der Waals surface area contributed by atoms with Crippen LogP contribution in [0.2, 0.25) is 0 Å². The third-order valence-corrected chi connectivity index (χ3v) is 5.69. The van der Waals surface area contributed by atoms with Gasteiger partial charge in [-0.3, -0.25) is 14.3 Å². The van der Waals surface area contributed by atoms with Crippen molar-refractivity contribution in [3.63, 3.8) is 0 Å². The zero-order valence-corrected chi connectivity index (χ0v) is 18.5. The molecule has 7 nitrogen and oxygen atoms in total. The van der Waals surface area contributed by atoms with Gasteiger partial charge < -0.3 is 15.0 Å². The van der Waals surface area contributed by atoms with Crippen molar-refractivity contribution in [1.82, 2.24) is 15.1 Å². The summed E-state index contributed by atoms with van der Waals surface area (Å²) in [6.45, 7) is 1.07. The lowest BCUT2D eigenvalue weighted by atomic mass is 10.1. The maximum absolute atomic E-state index is 13.5. The SMILES string of the molecule is O=C(NCc1ccccc1)C1CN(C(=O)c2cnn(Cc3ccccc3)c2)c2ccccc2O1. The minimum Gasteiger partial charge on any atom is -0.477 e. The number of ether oxygens (including phenoxy) is 1. The first-order valence-electron chi connectivity index (χ1n) is 11.1. The summed E-state index contributed by atoms with van der Waals surface area (Å²) in [5, 5.41) is 7.27. The Hall–Kier alpha value is -4.39. The van der Waals surface area contributed by atoms with Gasteiger partial charge in [-0.15, -0.1) is 0 Å². The van der Waals surface area contributed by atoms with Gasteiger partial charge in [-0.25, -0.2) is 0 Å². The third kappa shape index (κ3) is 4.68. The summed E-state index contributed by atoms with van der Waals surface area (Å²) in [4.78, 5) is 28.0. The van der Waals surface area contributed by atoms with Crippen LogP contribution in [0.15, 0.2) is 97.3 Å². The molecule has 1 unspecified atom stereocenters. The molecule has 0 saturated carbocycles. The Bertz CT molecular complexity index is 1290. The number of rotatable bonds is 6. The van der Waals surface area contributed by atoms with Crippen LogP contribution >= 0.6 is 0 Å². The monoisotopic (exact) mass is 452 g/mol. The molecule has 0 aliphatic carbocycles. The highest BCUT2D eigenvalue weighted by Crippen LogP contribution is 2.34. The Kier molecular flexibility index (Phi) is 6.07. The lowest BCUT2D eigenvalue weighted by Crippen LogP contribution is -2.50. The molecule has 34 heavy (non-hydrogen) atoms. The highest BCUT2D eigenvalue weighted by molar-refractivity contribution is 6.07. The summed E-state index contributed by atoms with van der Waals surface area (Å²) in [6.07, 6.45) is 2.48. The van der Waals surface area contributed by atoms with E-state index in [1.165, 1.54) is 0 Å². The number of aromatic nitrogens is 2. The van der Waals surface area contributed by atoms with Gasteiger partial charge in [0.15, 0.2) is 6.10 Å². The predicted molar refractivity (Wildman–Crippen MR) is 129 cm³/mol. The molecular formula is C27H24N4O3. The number of carbonyl (C=O) groups is 2. The number of anilines is 1. The molecule has 0 saturated heterocycles. The molecule has 1 aliphatic heterocycles. The van der Waals surface area contributed by atoms with Crippen molar-refractivity contribution < 1.29 is 14.3 Å². The number of carbonyl (C=O) groups excluding carboxylic acids is 2. The van der Waals surface area contributed by atoms with E-state index < -0.39 is 6.10 Å². The van der Waals surface area contributed by atoms with Crippen molar-refractivity contribution in [3.8, 4) is 5.75 Å². The third-order valence-electron chi connectivity index (χ3n) is 5.69. The molecule has 2 heterocycles. The average Bonchev–Trinajstić information content (AvgIpc) is 3.36. The first-order chi connectivity index (χ1) is 16.7. The minimum atomic E-state index is -0.818. The highest BCUT2D eigenvalue weighted by Gasteiger charge is 2.34. The highest BCUT2D eigenvalue weighted by atomic mass is 16.5. The van der Waals surface area contributed by atoms with Crippen molar-refractivity contribution >= 4 is 17.5 Å². The summed E-state index contributed by atoms with van der Waals surface area (Å²) >= 11 is 0. The maximum Gasteiger partial charge on any atom is 0.263 e. The molecular weight excluding hydrogens is 428 g/mol. The van der Waals surface area contributed by atoms with Gasteiger partial charge in [-0.1, -0.05) is 72.8 Å². The van der Waals surface area contributed by atoms with E-state index in [2.05, 4.69) is 10.4 Å². The molecule has 0 radical (unpaired) electrons. The summed E-state index contributed by atoms with van der Waals surface area (Å²) in [6, 6.07) is 26.9. The largest absolute Gasteiger partial charge is 0.477 e. The van der Waals surface area contributed by atoms with Crippen LogP contribution in [0, 0.1) is 0 Å². The molecule has 0 fully saturated rings. The van der Waals surface area contributed by atoms with Crippen LogP contribution in [0.25, 0.3) is 0 Å². The molecule has 1 aromatic heterocycles. The van der Waals surface area contributed by atoms with E-state index in [-0.39, 0.29) is 18.4 Å². The summed E-state index contributed by atoms with van der Waals surface area (Å²) in [5.74, 6) is 0.00508. The van der Waals surface area contributed by atoms with Gasteiger partial charge in [-0.05, 0) is 23.3 Å². The molecule has 0 bridgehead atoms. The Morgan fingerprint density at radius 2 is 1.59 bits per heavy atom. The van der Waals surface area contributed by atoms with Crippen molar-refractivity contribution in [2.45, 2.75) is 19.2 Å². The van der Waals surface area contributed by atoms with Crippen molar-refractivity contribution in [2.24, 2.45) is 0 Å². The number of hydrogen-bond donors (Lipinski definition) is 1. The first kappa shape index (κ1) is 21.5. The fraction of sp³-hybridized carbons (Fsp3) is 0.148. The van der Waals surface area contributed by atoms with E-state index in [0.29, 0.717) is 30.1 Å².